The van der Waals surface area contributed by atoms with Crippen molar-refractivity contribution in [2.24, 2.45) is 0 Å². The SMILES string of the molecule is c1cc2c(c(CN3CCNCC3)c1)CCCC2. The minimum Gasteiger partial charge on any atom is -0.314 e. The van der Waals surface area contributed by atoms with E-state index in [4.69, 9.17) is 0 Å². The first-order valence-electron chi connectivity index (χ1n) is 6.96. The molecular formula is C15H22N2. The second-order valence-corrected chi connectivity index (χ2v) is 5.29. The Morgan fingerprint density at radius 1 is 1.06 bits per heavy atom. The van der Waals surface area contributed by atoms with Crippen LogP contribution in [0.15, 0.2) is 18.2 Å². The lowest BCUT2D eigenvalue weighted by Crippen LogP contribution is -2.43. The summed E-state index contributed by atoms with van der Waals surface area (Å²) < 4.78 is 0. The van der Waals surface area contributed by atoms with Crippen molar-refractivity contribution in [1.82, 2.24) is 10.2 Å². The average molecular weight is 230 g/mol. The molecule has 0 atom stereocenters. The number of aryl methyl sites for hydroxylation is 1. The van der Waals surface area contributed by atoms with Gasteiger partial charge in [-0.1, -0.05) is 18.2 Å². The molecule has 0 unspecified atom stereocenters. The summed E-state index contributed by atoms with van der Waals surface area (Å²) in [6, 6.07) is 6.92. The second kappa shape index (κ2) is 5.19. The monoisotopic (exact) mass is 230 g/mol. The maximum atomic E-state index is 3.42. The second-order valence-electron chi connectivity index (χ2n) is 5.29. The highest BCUT2D eigenvalue weighted by molar-refractivity contribution is 5.37. The fourth-order valence-electron chi connectivity index (χ4n) is 3.12. The van der Waals surface area contributed by atoms with Crippen LogP contribution in [0.5, 0.6) is 0 Å². The Kier molecular flexibility index (Phi) is 3.44. The van der Waals surface area contributed by atoms with E-state index < -0.39 is 0 Å². The molecule has 1 N–H and O–H groups in total. The lowest BCUT2D eigenvalue weighted by Gasteiger charge is -2.29. The van der Waals surface area contributed by atoms with Crippen LogP contribution in [0.3, 0.4) is 0 Å². The normalized spacial score (nSPS) is 21.2. The van der Waals surface area contributed by atoms with Crippen LogP contribution in [0, 0.1) is 0 Å². The number of nitrogens with one attached hydrogen (secondary N) is 1. The van der Waals surface area contributed by atoms with Crippen LogP contribution in [0.2, 0.25) is 0 Å². The Morgan fingerprint density at radius 3 is 2.76 bits per heavy atom. The van der Waals surface area contributed by atoms with E-state index >= 15 is 0 Å². The number of rotatable bonds is 2. The highest BCUT2D eigenvalue weighted by atomic mass is 15.2. The van der Waals surface area contributed by atoms with Crippen molar-refractivity contribution in [3.8, 4) is 0 Å². The molecule has 1 aromatic rings. The Morgan fingerprint density at radius 2 is 1.88 bits per heavy atom. The summed E-state index contributed by atoms with van der Waals surface area (Å²) in [7, 11) is 0. The van der Waals surface area contributed by atoms with Gasteiger partial charge in [-0.25, -0.2) is 0 Å². The average Bonchev–Trinajstić information content (AvgIpc) is 2.40. The zero-order valence-electron chi connectivity index (χ0n) is 10.5. The summed E-state index contributed by atoms with van der Waals surface area (Å²) in [5, 5.41) is 3.42. The Bertz CT molecular complexity index is 381. The van der Waals surface area contributed by atoms with Crippen LogP contribution in [0.4, 0.5) is 0 Å². The molecule has 0 radical (unpaired) electrons. The van der Waals surface area contributed by atoms with Gasteiger partial charge in [0, 0.05) is 32.7 Å². The predicted octanol–water partition coefficient (Wildman–Crippen LogP) is 1.97. The Labute approximate surface area is 104 Å². The van der Waals surface area contributed by atoms with E-state index in [2.05, 4.69) is 28.4 Å². The van der Waals surface area contributed by atoms with Gasteiger partial charge in [0.1, 0.15) is 0 Å². The van der Waals surface area contributed by atoms with Gasteiger partial charge in [0.15, 0.2) is 0 Å². The van der Waals surface area contributed by atoms with Crippen molar-refractivity contribution in [3.63, 3.8) is 0 Å². The summed E-state index contributed by atoms with van der Waals surface area (Å²) in [4.78, 5) is 2.58. The highest BCUT2D eigenvalue weighted by Gasteiger charge is 2.16. The van der Waals surface area contributed by atoms with Gasteiger partial charge in [0.05, 0.1) is 0 Å². The van der Waals surface area contributed by atoms with E-state index in [0.29, 0.717) is 0 Å². The van der Waals surface area contributed by atoms with Crippen molar-refractivity contribution in [2.75, 3.05) is 26.2 Å². The van der Waals surface area contributed by atoms with Gasteiger partial charge in [-0.15, -0.1) is 0 Å². The van der Waals surface area contributed by atoms with Gasteiger partial charge in [-0.3, -0.25) is 4.90 Å². The molecule has 17 heavy (non-hydrogen) atoms. The van der Waals surface area contributed by atoms with Crippen LogP contribution in [0.25, 0.3) is 0 Å². The summed E-state index contributed by atoms with van der Waals surface area (Å²) in [5.74, 6) is 0. The van der Waals surface area contributed by atoms with Gasteiger partial charge in [0.25, 0.3) is 0 Å². The molecule has 1 saturated heterocycles. The molecule has 0 aromatic heterocycles. The molecule has 0 saturated carbocycles. The first-order chi connectivity index (χ1) is 8.43. The van der Waals surface area contributed by atoms with Crippen molar-refractivity contribution in [2.45, 2.75) is 32.2 Å². The standard InChI is InChI=1S/C15H22N2/c1-2-7-15-13(4-1)5-3-6-14(15)12-17-10-8-16-9-11-17/h3,5-6,16H,1-2,4,7-12H2. The number of fused-ring (bicyclic) bond motifs is 1. The van der Waals surface area contributed by atoms with Gasteiger partial charge in [-0.2, -0.15) is 0 Å². The third-order valence-electron chi connectivity index (χ3n) is 4.10. The molecule has 1 fully saturated rings. The zero-order chi connectivity index (χ0) is 11.5. The van der Waals surface area contributed by atoms with Crippen LogP contribution in [-0.2, 0) is 19.4 Å². The fraction of sp³-hybridized carbons (Fsp3) is 0.600. The molecule has 2 aliphatic rings. The van der Waals surface area contributed by atoms with Crippen LogP contribution < -0.4 is 5.32 Å². The topological polar surface area (TPSA) is 15.3 Å². The van der Waals surface area contributed by atoms with Crippen LogP contribution in [-0.4, -0.2) is 31.1 Å². The molecule has 3 rings (SSSR count). The maximum absolute atomic E-state index is 3.42. The number of hydrogen-bond donors (Lipinski definition) is 1. The third-order valence-corrected chi connectivity index (χ3v) is 4.10. The number of nitrogens with zero attached hydrogens (tertiary/aromatic N) is 1. The first-order valence-corrected chi connectivity index (χ1v) is 6.96. The quantitative estimate of drug-likeness (QED) is 0.835. The lowest BCUT2D eigenvalue weighted by molar-refractivity contribution is 0.232. The van der Waals surface area contributed by atoms with E-state index in [9.17, 15) is 0 Å². The molecular weight excluding hydrogens is 208 g/mol. The third kappa shape index (κ3) is 2.53. The summed E-state index contributed by atoms with van der Waals surface area (Å²) in [6.07, 6.45) is 5.36. The fourth-order valence-corrected chi connectivity index (χ4v) is 3.12. The molecule has 0 bridgehead atoms. The van der Waals surface area contributed by atoms with Gasteiger partial charge < -0.3 is 5.32 Å². The van der Waals surface area contributed by atoms with Crippen molar-refractivity contribution < 1.29 is 0 Å². The summed E-state index contributed by atoms with van der Waals surface area (Å²) >= 11 is 0. The van der Waals surface area contributed by atoms with Gasteiger partial charge in [0.2, 0.25) is 0 Å². The van der Waals surface area contributed by atoms with Gasteiger partial charge in [-0.05, 0) is 42.4 Å². The van der Waals surface area contributed by atoms with Crippen molar-refractivity contribution >= 4 is 0 Å². The largest absolute Gasteiger partial charge is 0.314 e. The minimum absolute atomic E-state index is 1.15. The summed E-state index contributed by atoms with van der Waals surface area (Å²) in [5.41, 5.74) is 4.87. The van der Waals surface area contributed by atoms with E-state index in [1.165, 1.54) is 38.8 Å². The first kappa shape index (κ1) is 11.2. The lowest BCUT2D eigenvalue weighted by atomic mass is 9.88. The number of benzene rings is 1. The Balaban J connectivity index is 1.77. The molecule has 1 aromatic carbocycles. The molecule has 1 aliphatic heterocycles. The number of piperazine rings is 1. The molecule has 1 aliphatic carbocycles. The molecule has 92 valence electrons. The van der Waals surface area contributed by atoms with E-state index in [1.54, 1.807) is 16.7 Å². The molecule has 2 heteroatoms. The smallest absolute Gasteiger partial charge is 0.0237 e. The zero-order valence-corrected chi connectivity index (χ0v) is 10.5. The van der Waals surface area contributed by atoms with Crippen molar-refractivity contribution in [1.29, 1.82) is 0 Å². The Hall–Kier alpha value is -0.860. The molecule has 1 heterocycles. The molecule has 0 amide bonds. The van der Waals surface area contributed by atoms with Crippen LogP contribution in [0.1, 0.15) is 29.5 Å². The van der Waals surface area contributed by atoms with Crippen molar-refractivity contribution in [3.05, 3.63) is 34.9 Å². The molecule has 2 nitrogen and oxygen atoms in total. The van der Waals surface area contributed by atoms with Crippen LogP contribution >= 0.6 is 0 Å². The highest BCUT2D eigenvalue weighted by Crippen LogP contribution is 2.25. The van der Waals surface area contributed by atoms with E-state index in [0.717, 1.165) is 19.6 Å². The minimum atomic E-state index is 1.15. The van der Waals surface area contributed by atoms with E-state index in [-0.39, 0.29) is 0 Å². The van der Waals surface area contributed by atoms with E-state index in [1.807, 2.05) is 0 Å². The maximum Gasteiger partial charge on any atom is 0.0237 e. The van der Waals surface area contributed by atoms with Gasteiger partial charge >= 0.3 is 0 Å². The number of hydrogen-bond acceptors (Lipinski definition) is 2. The summed E-state index contributed by atoms with van der Waals surface area (Å²) in [6.45, 7) is 5.85. The predicted molar refractivity (Wildman–Crippen MR) is 71.2 cm³/mol. The molecule has 0 spiro atoms.